The summed E-state index contributed by atoms with van der Waals surface area (Å²) in [5, 5.41) is 14.2. The molecule has 3 N–H and O–H groups in total. The van der Waals surface area contributed by atoms with Gasteiger partial charge in [0.1, 0.15) is 16.7 Å². The molecule has 2 aliphatic heterocycles. The van der Waals surface area contributed by atoms with Gasteiger partial charge in [-0.15, -0.1) is 114 Å². The SMILES string of the molecule is CCC1(C)N=c2c(OS)c(S)c(S)c3c(S)c(S)/c(=C4\C(=O)C(c5c(S)c(S)c6c(S)c(S)c(S)c7c6c5NC(C)(C)N7)=C4OOC)c(c23)N1. The van der Waals surface area contributed by atoms with Crippen molar-refractivity contribution in [3.05, 3.63) is 21.9 Å². The maximum atomic E-state index is 14.9. The van der Waals surface area contributed by atoms with Gasteiger partial charge in [-0.1, -0.05) is 6.92 Å². The van der Waals surface area contributed by atoms with Crippen molar-refractivity contribution in [2.45, 2.75) is 89.5 Å². The van der Waals surface area contributed by atoms with Crippen LogP contribution in [0.4, 0.5) is 17.1 Å². The van der Waals surface area contributed by atoms with Crippen LogP contribution in [-0.2, 0) is 14.6 Å². The highest BCUT2D eigenvalue weighted by Crippen LogP contribution is 2.56. The minimum absolute atomic E-state index is 0.170. The first-order valence-corrected chi connectivity index (χ1v) is 19.3. The molecule has 50 heavy (non-hydrogen) atoms. The highest BCUT2D eigenvalue weighted by molar-refractivity contribution is 7.86. The number of hydrogen-bond acceptors (Lipinski definition) is 18. The highest BCUT2D eigenvalue weighted by Gasteiger charge is 2.45. The highest BCUT2D eigenvalue weighted by atomic mass is 32.1. The van der Waals surface area contributed by atoms with Gasteiger partial charge in [-0.2, -0.15) is 4.89 Å². The fourth-order valence-corrected chi connectivity index (χ4v) is 10.0. The van der Waals surface area contributed by atoms with Gasteiger partial charge in [-0.3, -0.25) is 9.79 Å². The lowest BCUT2D eigenvalue weighted by Gasteiger charge is -2.40. The van der Waals surface area contributed by atoms with E-state index in [4.69, 9.17) is 133 Å². The molecule has 0 spiro atoms. The molecule has 18 heteroatoms. The Labute approximate surface area is 343 Å². The summed E-state index contributed by atoms with van der Waals surface area (Å²) in [7, 11) is 1.37. The number of rotatable bonds is 5. The third-order valence-electron chi connectivity index (χ3n) is 9.18. The van der Waals surface area contributed by atoms with E-state index in [-0.39, 0.29) is 22.7 Å². The Morgan fingerprint density at radius 1 is 0.660 bits per heavy atom. The number of anilines is 3. The van der Waals surface area contributed by atoms with Gasteiger partial charge in [0.15, 0.2) is 11.5 Å². The van der Waals surface area contributed by atoms with Crippen molar-refractivity contribution in [3.8, 4) is 5.75 Å². The second-order valence-corrected chi connectivity index (χ2v) is 16.9. The predicted molar refractivity (Wildman–Crippen MR) is 231 cm³/mol. The molecule has 0 amide bonds. The van der Waals surface area contributed by atoms with Crippen LogP contribution in [0.5, 0.6) is 5.75 Å². The molecule has 0 radical (unpaired) electrons. The molecule has 4 aromatic rings. The number of allylic oxidation sites excluding steroid dienone is 2. The van der Waals surface area contributed by atoms with Gasteiger partial charge in [-0.25, -0.2) is 0 Å². The quantitative estimate of drug-likeness (QED) is 0.0426. The number of thiol groups is 10. The summed E-state index contributed by atoms with van der Waals surface area (Å²) in [5.41, 5.74) is 1.33. The summed E-state index contributed by atoms with van der Waals surface area (Å²) < 4.78 is 5.52. The number of hydrogen-bond donors (Lipinski definition) is 13. The lowest BCUT2D eigenvalue weighted by molar-refractivity contribution is -0.232. The number of ketones is 1. The van der Waals surface area contributed by atoms with E-state index < -0.39 is 11.3 Å². The van der Waals surface area contributed by atoms with Crippen LogP contribution >= 0.6 is 127 Å². The smallest absolute Gasteiger partial charge is 0.202 e. The van der Waals surface area contributed by atoms with E-state index in [9.17, 15) is 4.79 Å². The van der Waals surface area contributed by atoms with Crippen LogP contribution in [0.25, 0.3) is 32.7 Å². The number of nitrogens with one attached hydrogen (secondary N) is 3. The Morgan fingerprint density at radius 3 is 1.86 bits per heavy atom. The van der Waals surface area contributed by atoms with Gasteiger partial charge < -0.3 is 25.0 Å². The van der Waals surface area contributed by atoms with Gasteiger partial charge in [0.25, 0.3) is 0 Å². The van der Waals surface area contributed by atoms with Crippen molar-refractivity contribution < 1.29 is 18.8 Å². The minimum Gasteiger partial charge on any atom is -0.425 e. The monoisotopic (exact) mass is 854 g/mol. The number of Topliss-reactive ketones (excluding diaryl/α,β-unsaturated/α-hetero) is 1. The number of benzene rings is 4. The zero-order chi connectivity index (χ0) is 36.5. The summed E-state index contributed by atoms with van der Waals surface area (Å²) in [6, 6.07) is 0. The molecule has 4 aromatic carbocycles. The Bertz CT molecular complexity index is 2470. The Kier molecular flexibility index (Phi) is 9.52. The molecule has 1 aliphatic carbocycles. The minimum atomic E-state index is -0.809. The van der Waals surface area contributed by atoms with E-state index in [1.54, 1.807) is 0 Å². The van der Waals surface area contributed by atoms with Crippen LogP contribution in [0.15, 0.2) is 54.8 Å². The molecule has 0 aromatic heterocycles. The maximum absolute atomic E-state index is 14.9. The summed E-state index contributed by atoms with van der Waals surface area (Å²) in [5.74, 6) is 0.148. The molecule has 0 saturated carbocycles. The largest absolute Gasteiger partial charge is 0.425 e. The second kappa shape index (κ2) is 12.8. The molecule has 3 aliphatic rings. The topological polar surface area (TPSA) is 93.2 Å². The zero-order valence-electron chi connectivity index (χ0n) is 26.8. The summed E-state index contributed by atoms with van der Waals surface area (Å²) in [6.07, 6.45) is 0.584. The summed E-state index contributed by atoms with van der Waals surface area (Å²) in [6.45, 7) is 7.87. The second-order valence-electron chi connectivity index (χ2n) is 12.7. The molecule has 0 bridgehead atoms. The first-order valence-electron chi connectivity index (χ1n) is 14.9. The van der Waals surface area contributed by atoms with Crippen molar-refractivity contribution in [2.75, 3.05) is 23.1 Å². The average Bonchev–Trinajstić information content (AvgIpc) is 3.06. The van der Waals surface area contributed by atoms with Crippen molar-refractivity contribution in [2.24, 2.45) is 4.99 Å². The van der Waals surface area contributed by atoms with Crippen LogP contribution in [0.3, 0.4) is 0 Å². The average molecular weight is 855 g/mol. The number of carbonyl (C=O) groups excluding carboxylic acids is 1. The van der Waals surface area contributed by atoms with Crippen LogP contribution < -0.4 is 30.7 Å². The van der Waals surface area contributed by atoms with Crippen molar-refractivity contribution >= 4 is 182 Å². The first kappa shape index (κ1) is 37.3. The molecule has 1 atom stereocenters. The van der Waals surface area contributed by atoms with Gasteiger partial charge in [0.05, 0.1) is 40.2 Å². The number of carbonyl (C=O) groups is 1. The maximum Gasteiger partial charge on any atom is 0.202 e. The third-order valence-corrected chi connectivity index (χ3v) is 14.2. The fourth-order valence-electron chi connectivity index (χ4n) is 6.75. The Hall–Kier alpha value is -1.06. The Morgan fingerprint density at radius 2 is 1.24 bits per heavy atom. The molecular weight excluding hydrogens is 825 g/mol. The third kappa shape index (κ3) is 5.13. The number of nitrogens with zero attached hydrogens (tertiary/aromatic N) is 1. The first-order chi connectivity index (χ1) is 23.4. The van der Waals surface area contributed by atoms with Crippen LogP contribution in [0.2, 0.25) is 0 Å². The molecule has 1 unspecified atom stereocenters. The van der Waals surface area contributed by atoms with Crippen molar-refractivity contribution in [1.82, 2.24) is 0 Å². The van der Waals surface area contributed by atoms with Gasteiger partial charge >= 0.3 is 0 Å². The van der Waals surface area contributed by atoms with E-state index in [0.29, 0.717) is 106 Å². The van der Waals surface area contributed by atoms with E-state index in [2.05, 4.69) is 28.9 Å². The van der Waals surface area contributed by atoms with Crippen LogP contribution in [-0.4, -0.2) is 24.2 Å². The normalized spacial score (nSPS) is 19.9. The molecule has 8 nitrogen and oxygen atoms in total. The van der Waals surface area contributed by atoms with Gasteiger partial charge in [-0.05, 0) is 27.2 Å². The van der Waals surface area contributed by atoms with E-state index in [1.807, 2.05) is 27.7 Å². The summed E-state index contributed by atoms with van der Waals surface area (Å²) in [4.78, 5) is 35.5. The van der Waals surface area contributed by atoms with Gasteiger partial charge in [0.2, 0.25) is 5.78 Å². The zero-order valence-corrected chi connectivity index (χ0v) is 35.7. The lowest BCUT2D eigenvalue weighted by atomic mass is 9.79. The molecule has 7 rings (SSSR count). The Balaban J connectivity index is 1.68. The standard InChI is InChI=1S/C32H30N4O4S10/c1-6-32(4)35-16-7-13(26(45)29(48)21(40-50)17(7)36-32)24(43)23(42)10(16)12-19(37)11(20(12)39-38-5)9-15-8-14(25(44)22(9)41)27(46)30(49)28(47)18(8)34-31(2,3)33-15/h33-35,41-50H,6H2,1-5H3/b12-10+. The van der Waals surface area contributed by atoms with Crippen molar-refractivity contribution in [1.29, 1.82) is 0 Å². The fraction of sp³-hybridized carbons (Fsp3) is 0.250. The van der Waals surface area contributed by atoms with Crippen LogP contribution in [0, 0.1) is 0 Å². The van der Waals surface area contributed by atoms with Crippen LogP contribution in [0.1, 0.15) is 39.7 Å². The molecule has 0 fully saturated rings. The molecular formula is C32H30N4O4S10. The summed E-state index contributed by atoms with van der Waals surface area (Å²) >= 11 is 47.7. The van der Waals surface area contributed by atoms with Crippen molar-refractivity contribution in [3.63, 3.8) is 0 Å². The predicted octanol–water partition coefficient (Wildman–Crippen LogP) is 8.28. The molecule has 0 saturated heterocycles. The molecule has 2 heterocycles. The molecule has 262 valence electrons. The van der Waals surface area contributed by atoms with Gasteiger partial charge in [0, 0.05) is 84.4 Å². The van der Waals surface area contributed by atoms with E-state index in [0.717, 1.165) is 5.39 Å². The lowest BCUT2D eigenvalue weighted by Crippen LogP contribution is -2.43. The van der Waals surface area contributed by atoms with E-state index >= 15 is 0 Å². The van der Waals surface area contributed by atoms with E-state index in [1.165, 1.54) is 7.11 Å².